The molecule has 0 fully saturated rings. The lowest BCUT2D eigenvalue weighted by Crippen LogP contribution is -2.27. The van der Waals surface area contributed by atoms with Crippen LogP contribution in [-0.2, 0) is 25.6 Å². The summed E-state index contributed by atoms with van der Waals surface area (Å²) in [5.41, 5.74) is -0.0438. The average molecular weight is 302 g/mol. The Morgan fingerprint density at radius 2 is 2.05 bits per heavy atom. The van der Waals surface area contributed by atoms with Gasteiger partial charge in [-0.05, 0) is 38.5 Å². The standard InChI is InChI=1S/C12H18N2O5S/c1-12(2,3)19-11(15)14-10-7-9(5-6-13-10)8-18-20(4,16)17/h5-7H,8H2,1-4H3,(H,13,14,15). The van der Waals surface area contributed by atoms with Gasteiger partial charge in [-0.1, -0.05) is 0 Å². The van der Waals surface area contributed by atoms with Crippen LogP contribution in [0.25, 0.3) is 0 Å². The molecule has 0 radical (unpaired) electrons. The largest absolute Gasteiger partial charge is 0.444 e. The van der Waals surface area contributed by atoms with Crippen LogP contribution < -0.4 is 5.32 Å². The summed E-state index contributed by atoms with van der Waals surface area (Å²) in [5.74, 6) is 0.258. The lowest BCUT2D eigenvalue weighted by atomic mass is 10.2. The van der Waals surface area contributed by atoms with Crippen LogP contribution in [0, 0.1) is 0 Å². The molecule has 1 amide bonds. The van der Waals surface area contributed by atoms with Crippen LogP contribution in [0.4, 0.5) is 10.6 Å². The molecule has 0 bridgehead atoms. The fourth-order valence-electron chi connectivity index (χ4n) is 1.22. The topological polar surface area (TPSA) is 94.6 Å². The first-order valence-electron chi connectivity index (χ1n) is 5.84. The lowest BCUT2D eigenvalue weighted by Gasteiger charge is -2.19. The summed E-state index contributed by atoms with van der Waals surface area (Å²) >= 11 is 0. The summed E-state index contributed by atoms with van der Waals surface area (Å²) in [6, 6.07) is 3.10. The van der Waals surface area contributed by atoms with Crippen LogP contribution in [0.15, 0.2) is 18.3 Å². The molecular formula is C12H18N2O5S. The highest BCUT2D eigenvalue weighted by Crippen LogP contribution is 2.12. The molecule has 20 heavy (non-hydrogen) atoms. The van der Waals surface area contributed by atoms with Gasteiger partial charge < -0.3 is 4.74 Å². The Bertz CT molecular complexity index is 578. The molecule has 1 heterocycles. The molecule has 0 unspecified atom stereocenters. The minimum absolute atomic E-state index is 0.121. The Hall–Kier alpha value is -1.67. The average Bonchev–Trinajstić information content (AvgIpc) is 2.23. The van der Waals surface area contributed by atoms with Crippen LogP contribution in [0.5, 0.6) is 0 Å². The third kappa shape index (κ3) is 7.05. The number of nitrogens with zero attached hydrogens (tertiary/aromatic N) is 1. The van der Waals surface area contributed by atoms with Crippen molar-refractivity contribution >= 4 is 22.0 Å². The summed E-state index contributed by atoms with van der Waals surface area (Å²) in [5, 5.41) is 2.46. The van der Waals surface area contributed by atoms with Crippen molar-refractivity contribution in [1.82, 2.24) is 4.98 Å². The number of rotatable bonds is 4. The Kier molecular flexibility index (Phi) is 5.07. The molecule has 0 spiro atoms. The van der Waals surface area contributed by atoms with Crippen LogP contribution in [0.1, 0.15) is 26.3 Å². The fourth-order valence-corrected chi connectivity index (χ4v) is 1.57. The Labute approximate surface area is 118 Å². The predicted octanol–water partition coefficient (Wildman–Crippen LogP) is 1.90. The van der Waals surface area contributed by atoms with Gasteiger partial charge in [0, 0.05) is 6.20 Å². The predicted molar refractivity (Wildman–Crippen MR) is 73.7 cm³/mol. The van der Waals surface area contributed by atoms with Gasteiger partial charge in [0.25, 0.3) is 10.1 Å². The molecule has 1 aromatic rings. The van der Waals surface area contributed by atoms with E-state index in [1.807, 2.05) is 0 Å². The Morgan fingerprint density at radius 1 is 1.40 bits per heavy atom. The Balaban J connectivity index is 2.66. The number of aromatic nitrogens is 1. The van der Waals surface area contributed by atoms with E-state index in [-0.39, 0.29) is 12.4 Å². The minimum atomic E-state index is -3.51. The number of nitrogens with one attached hydrogen (secondary N) is 1. The van der Waals surface area contributed by atoms with Gasteiger partial charge in [-0.25, -0.2) is 9.78 Å². The molecule has 0 saturated heterocycles. The minimum Gasteiger partial charge on any atom is -0.444 e. The quantitative estimate of drug-likeness (QED) is 0.854. The lowest BCUT2D eigenvalue weighted by molar-refractivity contribution is 0.0635. The summed E-state index contributed by atoms with van der Waals surface area (Å²) in [6.07, 6.45) is 1.77. The maximum atomic E-state index is 11.6. The smallest absolute Gasteiger partial charge is 0.413 e. The molecule has 0 aromatic carbocycles. The normalized spacial score (nSPS) is 12.0. The molecule has 0 atom stereocenters. The number of pyridine rings is 1. The van der Waals surface area contributed by atoms with Crippen molar-refractivity contribution in [1.29, 1.82) is 0 Å². The van der Waals surface area contributed by atoms with Crippen molar-refractivity contribution in [2.45, 2.75) is 33.0 Å². The molecule has 1 aromatic heterocycles. The summed E-state index contributed by atoms with van der Waals surface area (Å²) in [6.45, 7) is 5.12. The summed E-state index contributed by atoms with van der Waals surface area (Å²) < 4.78 is 31.5. The van der Waals surface area contributed by atoms with Gasteiger partial charge in [0.1, 0.15) is 11.4 Å². The molecule has 0 aliphatic rings. The van der Waals surface area contributed by atoms with E-state index >= 15 is 0 Å². The number of carbonyl (C=O) groups excluding carboxylic acids is 1. The van der Waals surface area contributed by atoms with E-state index in [2.05, 4.69) is 14.5 Å². The van der Waals surface area contributed by atoms with E-state index in [0.717, 1.165) is 6.26 Å². The van der Waals surface area contributed by atoms with Crippen molar-refractivity contribution in [3.05, 3.63) is 23.9 Å². The van der Waals surface area contributed by atoms with Crippen LogP contribution >= 0.6 is 0 Å². The van der Waals surface area contributed by atoms with Gasteiger partial charge in [0.15, 0.2) is 0 Å². The van der Waals surface area contributed by atoms with Crippen molar-refractivity contribution < 1.29 is 22.1 Å². The molecule has 8 heteroatoms. The molecule has 0 saturated carbocycles. The summed E-state index contributed by atoms with van der Waals surface area (Å²) in [4.78, 5) is 15.5. The maximum absolute atomic E-state index is 11.6. The van der Waals surface area contributed by atoms with E-state index in [0.29, 0.717) is 5.56 Å². The van der Waals surface area contributed by atoms with Gasteiger partial charge in [0.05, 0.1) is 12.9 Å². The van der Waals surface area contributed by atoms with Crippen molar-refractivity contribution in [2.75, 3.05) is 11.6 Å². The second-order valence-electron chi connectivity index (χ2n) is 5.14. The Morgan fingerprint density at radius 3 is 2.60 bits per heavy atom. The number of hydrogen-bond acceptors (Lipinski definition) is 6. The van der Waals surface area contributed by atoms with E-state index in [4.69, 9.17) is 4.74 Å². The van der Waals surface area contributed by atoms with Gasteiger partial charge in [-0.3, -0.25) is 9.50 Å². The van der Waals surface area contributed by atoms with Crippen LogP contribution in [-0.4, -0.2) is 31.4 Å². The molecule has 112 valence electrons. The van der Waals surface area contributed by atoms with Gasteiger partial charge in [0.2, 0.25) is 0 Å². The first-order valence-corrected chi connectivity index (χ1v) is 7.66. The van der Waals surface area contributed by atoms with Crippen LogP contribution in [0.2, 0.25) is 0 Å². The first kappa shape index (κ1) is 16.4. The SMILES string of the molecule is CC(C)(C)OC(=O)Nc1cc(COS(C)(=O)=O)ccn1. The highest BCUT2D eigenvalue weighted by Gasteiger charge is 2.16. The van der Waals surface area contributed by atoms with Crippen molar-refractivity contribution in [2.24, 2.45) is 0 Å². The number of amides is 1. The molecule has 7 nitrogen and oxygen atoms in total. The van der Waals surface area contributed by atoms with Crippen LogP contribution in [0.3, 0.4) is 0 Å². The fraction of sp³-hybridized carbons (Fsp3) is 0.500. The summed E-state index contributed by atoms with van der Waals surface area (Å²) in [7, 11) is -3.51. The van der Waals surface area contributed by atoms with Gasteiger partial charge >= 0.3 is 6.09 Å². The van der Waals surface area contributed by atoms with Gasteiger partial charge in [-0.15, -0.1) is 0 Å². The third-order valence-corrected chi connectivity index (χ3v) is 2.44. The number of carbonyl (C=O) groups is 1. The number of anilines is 1. The highest BCUT2D eigenvalue weighted by atomic mass is 32.2. The molecule has 1 N–H and O–H groups in total. The second kappa shape index (κ2) is 6.19. The molecular weight excluding hydrogens is 284 g/mol. The van der Waals surface area contributed by atoms with E-state index in [1.54, 1.807) is 26.8 Å². The van der Waals surface area contributed by atoms with Gasteiger partial charge in [-0.2, -0.15) is 8.42 Å². The zero-order valence-corrected chi connectivity index (χ0v) is 12.7. The van der Waals surface area contributed by atoms with E-state index in [1.165, 1.54) is 12.3 Å². The first-order chi connectivity index (χ1) is 9.05. The van der Waals surface area contributed by atoms with Crippen molar-refractivity contribution in [3.8, 4) is 0 Å². The maximum Gasteiger partial charge on any atom is 0.413 e. The molecule has 1 rings (SSSR count). The van der Waals surface area contributed by atoms with Crippen molar-refractivity contribution in [3.63, 3.8) is 0 Å². The number of ether oxygens (including phenoxy) is 1. The molecule has 0 aliphatic heterocycles. The molecule has 0 aliphatic carbocycles. The van der Waals surface area contributed by atoms with E-state index < -0.39 is 21.8 Å². The van der Waals surface area contributed by atoms with E-state index in [9.17, 15) is 13.2 Å². The monoisotopic (exact) mass is 302 g/mol. The zero-order chi connectivity index (χ0) is 15.4. The second-order valence-corrected chi connectivity index (χ2v) is 6.79. The third-order valence-electron chi connectivity index (χ3n) is 1.89. The highest BCUT2D eigenvalue weighted by molar-refractivity contribution is 7.85. The number of hydrogen-bond donors (Lipinski definition) is 1. The zero-order valence-electron chi connectivity index (χ0n) is 11.8.